The highest BCUT2D eigenvalue weighted by Gasteiger charge is 2.04. The molecule has 1 aromatic heterocycles. The number of carbonyl (C=O) groups is 1. The molecule has 0 aliphatic rings. The van der Waals surface area contributed by atoms with Crippen LogP contribution in [0.15, 0.2) is 42.7 Å². The first kappa shape index (κ1) is 9.59. The van der Waals surface area contributed by atoms with E-state index in [2.05, 4.69) is 4.98 Å². The van der Waals surface area contributed by atoms with Gasteiger partial charge >= 0.3 is 0 Å². The number of aldehydes is 1. The predicted octanol–water partition coefficient (Wildman–Crippen LogP) is 2.87. The van der Waals surface area contributed by atoms with Crippen LogP contribution >= 0.6 is 0 Å². The average molecular weight is 197 g/mol. The van der Waals surface area contributed by atoms with E-state index in [4.69, 9.17) is 0 Å². The Kier molecular flexibility index (Phi) is 2.59. The van der Waals surface area contributed by atoms with Gasteiger partial charge in [-0.05, 0) is 35.7 Å². The summed E-state index contributed by atoms with van der Waals surface area (Å²) in [5.74, 6) is 0. The molecule has 74 valence electrons. The Hall–Kier alpha value is -1.96. The van der Waals surface area contributed by atoms with Crippen molar-refractivity contribution in [2.75, 3.05) is 0 Å². The van der Waals surface area contributed by atoms with Crippen LogP contribution in [-0.2, 0) is 0 Å². The van der Waals surface area contributed by atoms with Gasteiger partial charge in [-0.15, -0.1) is 0 Å². The topological polar surface area (TPSA) is 30.0 Å². The second-order valence-corrected chi connectivity index (χ2v) is 3.37. The monoisotopic (exact) mass is 197 g/mol. The molecule has 0 aliphatic carbocycles. The van der Waals surface area contributed by atoms with E-state index in [1.165, 1.54) is 0 Å². The average Bonchev–Trinajstić information content (AvgIpc) is 2.30. The molecule has 2 rings (SSSR count). The molecule has 0 saturated heterocycles. The van der Waals surface area contributed by atoms with Gasteiger partial charge in [0, 0.05) is 18.0 Å². The maximum absolute atomic E-state index is 10.8. The van der Waals surface area contributed by atoms with Crippen LogP contribution in [0, 0.1) is 6.92 Å². The van der Waals surface area contributed by atoms with Crippen molar-refractivity contribution in [2.24, 2.45) is 0 Å². The Balaban J connectivity index is 2.59. The number of carbonyl (C=O) groups excluding carboxylic acids is 1. The first-order chi connectivity index (χ1) is 7.33. The standard InChI is InChI=1S/C13H11NO/c1-10-12(9-15)3-2-4-13(10)11-5-7-14-8-6-11/h2-9H,1H3. The smallest absolute Gasteiger partial charge is 0.150 e. The van der Waals surface area contributed by atoms with Gasteiger partial charge in [-0.1, -0.05) is 18.2 Å². The fraction of sp³-hybridized carbons (Fsp3) is 0.0769. The maximum Gasteiger partial charge on any atom is 0.150 e. The molecule has 2 heteroatoms. The van der Waals surface area contributed by atoms with Crippen molar-refractivity contribution in [3.8, 4) is 11.1 Å². The first-order valence-electron chi connectivity index (χ1n) is 4.78. The minimum atomic E-state index is 0.740. The van der Waals surface area contributed by atoms with Gasteiger partial charge in [-0.3, -0.25) is 9.78 Å². The third-order valence-corrected chi connectivity index (χ3v) is 2.49. The van der Waals surface area contributed by atoms with E-state index in [1.807, 2.05) is 37.3 Å². The molecule has 2 nitrogen and oxygen atoms in total. The SMILES string of the molecule is Cc1c(C=O)cccc1-c1ccncc1. The van der Waals surface area contributed by atoms with Crippen molar-refractivity contribution in [1.82, 2.24) is 4.98 Å². The maximum atomic E-state index is 10.8. The van der Waals surface area contributed by atoms with E-state index in [9.17, 15) is 4.79 Å². The van der Waals surface area contributed by atoms with Gasteiger partial charge in [0.1, 0.15) is 6.29 Å². The zero-order valence-corrected chi connectivity index (χ0v) is 8.47. The second kappa shape index (κ2) is 4.05. The molecule has 0 saturated carbocycles. The van der Waals surface area contributed by atoms with E-state index in [-0.39, 0.29) is 0 Å². The lowest BCUT2D eigenvalue weighted by Gasteiger charge is -2.07. The quantitative estimate of drug-likeness (QED) is 0.693. The van der Waals surface area contributed by atoms with E-state index < -0.39 is 0 Å². The summed E-state index contributed by atoms with van der Waals surface area (Å²) < 4.78 is 0. The molecular formula is C13H11NO. The third-order valence-electron chi connectivity index (χ3n) is 2.49. The highest BCUT2D eigenvalue weighted by Crippen LogP contribution is 2.24. The lowest BCUT2D eigenvalue weighted by atomic mass is 9.98. The number of benzene rings is 1. The summed E-state index contributed by atoms with van der Waals surface area (Å²) in [4.78, 5) is 14.8. The summed E-state index contributed by atoms with van der Waals surface area (Å²) in [5.41, 5.74) is 3.93. The molecule has 0 N–H and O–H groups in total. The lowest BCUT2D eigenvalue weighted by molar-refractivity contribution is 0.112. The number of hydrogen-bond donors (Lipinski definition) is 0. The van der Waals surface area contributed by atoms with Crippen molar-refractivity contribution in [2.45, 2.75) is 6.92 Å². The molecule has 0 bridgehead atoms. The Morgan fingerprint density at radius 2 is 1.87 bits per heavy atom. The summed E-state index contributed by atoms with van der Waals surface area (Å²) in [6, 6.07) is 9.62. The highest BCUT2D eigenvalue weighted by atomic mass is 16.1. The van der Waals surface area contributed by atoms with Crippen LogP contribution < -0.4 is 0 Å². The summed E-state index contributed by atoms with van der Waals surface area (Å²) in [7, 11) is 0. The van der Waals surface area contributed by atoms with Gasteiger partial charge in [0.15, 0.2) is 0 Å². The molecule has 0 amide bonds. The Morgan fingerprint density at radius 3 is 2.53 bits per heavy atom. The van der Waals surface area contributed by atoms with Crippen LogP contribution in [-0.4, -0.2) is 11.3 Å². The van der Waals surface area contributed by atoms with E-state index in [0.717, 1.165) is 28.5 Å². The van der Waals surface area contributed by atoms with Gasteiger partial charge in [0.2, 0.25) is 0 Å². The molecule has 1 aromatic carbocycles. The van der Waals surface area contributed by atoms with Crippen LogP contribution in [0.25, 0.3) is 11.1 Å². The Labute approximate surface area is 88.6 Å². The fourth-order valence-corrected chi connectivity index (χ4v) is 1.63. The molecule has 0 fully saturated rings. The number of nitrogens with zero attached hydrogens (tertiary/aromatic N) is 1. The van der Waals surface area contributed by atoms with Gasteiger partial charge in [-0.25, -0.2) is 0 Å². The highest BCUT2D eigenvalue weighted by molar-refractivity contribution is 5.82. The molecule has 15 heavy (non-hydrogen) atoms. The van der Waals surface area contributed by atoms with Crippen LogP contribution in [0.5, 0.6) is 0 Å². The predicted molar refractivity (Wildman–Crippen MR) is 59.8 cm³/mol. The Morgan fingerprint density at radius 1 is 1.13 bits per heavy atom. The van der Waals surface area contributed by atoms with Crippen molar-refractivity contribution in [3.05, 3.63) is 53.9 Å². The minimum Gasteiger partial charge on any atom is -0.298 e. The van der Waals surface area contributed by atoms with Crippen LogP contribution in [0.2, 0.25) is 0 Å². The minimum absolute atomic E-state index is 0.740. The van der Waals surface area contributed by atoms with Gasteiger partial charge in [0.25, 0.3) is 0 Å². The molecule has 1 heterocycles. The van der Waals surface area contributed by atoms with Crippen molar-refractivity contribution < 1.29 is 4.79 Å². The molecule has 0 radical (unpaired) electrons. The summed E-state index contributed by atoms with van der Waals surface area (Å²) >= 11 is 0. The number of aromatic nitrogens is 1. The van der Waals surface area contributed by atoms with Crippen molar-refractivity contribution in [3.63, 3.8) is 0 Å². The first-order valence-corrected chi connectivity index (χ1v) is 4.78. The number of hydrogen-bond acceptors (Lipinski definition) is 2. The van der Waals surface area contributed by atoms with Crippen LogP contribution in [0.1, 0.15) is 15.9 Å². The van der Waals surface area contributed by atoms with E-state index in [1.54, 1.807) is 12.4 Å². The van der Waals surface area contributed by atoms with Gasteiger partial charge in [0.05, 0.1) is 0 Å². The third kappa shape index (κ3) is 1.79. The zero-order valence-electron chi connectivity index (χ0n) is 8.47. The lowest BCUT2D eigenvalue weighted by Crippen LogP contribution is -1.90. The van der Waals surface area contributed by atoms with Crippen LogP contribution in [0.3, 0.4) is 0 Å². The fourth-order valence-electron chi connectivity index (χ4n) is 1.63. The summed E-state index contributed by atoms with van der Waals surface area (Å²) in [5, 5.41) is 0. The van der Waals surface area contributed by atoms with Gasteiger partial charge < -0.3 is 0 Å². The molecule has 0 aliphatic heterocycles. The second-order valence-electron chi connectivity index (χ2n) is 3.37. The summed E-state index contributed by atoms with van der Waals surface area (Å²) in [6.07, 6.45) is 4.39. The number of pyridine rings is 1. The largest absolute Gasteiger partial charge is 0.298 e. The normalized spacial score (nSPS) is 9.93. The van der Waals surface area contributed by atoms with Crippen LogP contribution in [0.4, 0.5) is 0 Å². The van der Waals surface area contributed by atoms with E-state index in [0.29, 0.717) is 0 Å². The molecule has 0 spiro atoms. The number of rotatable bonds is 2. The molecule has 0 unspecified atom stereocenters. The van der Waals surface area contributed by atoms with Gasteiger partial charge in [-0.2, -0.15) is 0 Å². The van der Waals surface area contributed by atoms with E-state index >= 15 is 0 Å². The Bertz CT molecular complexity index is 477. The molecular weight excluding hydrogens is 186 g/mol. The molecule has 0 atom stereocenters. The summed E-state index contributed by atoms with van der Waals surface area (Å²) in [6.45, 7) is 1.96. The van der Waals surface area contributed by atoms with Crippen molar-refractivity contribution >= 4 is 6.29 Å². The molecule has 2 aromatic rings. The zero-order chi connectivity index (χ0) is 10.7. The van der Waals surface area contributed by atoms with Crippen molar-refractivity contribution in [1.29, 1.82) is 0 Å².